The van der Waals surface area contributed by atoms with Crippen molar-refractivity contribution in [2.75, 3.05) is 0 Å². The zero-order valence-corrected chi connectivity index (χ0v) is 31.7. The summed E-state index contributed by atoms with van der Waals surface area (Å²) in [5.74, 6) is 1.81. The fraction of sp³-hybridized carbons (Fsp3) is 0. The molecule has 0 spiro atoms. The first-order chi connectivity index (χ1) is 28.7. The number of pyridine rings is 1. The number of thiophene rings is 1. The number of hydrogen-bond acceptors (Lipinski definition) is 6. The third-order valence-corrected chi connectivity index (χ3v) is 12.3. The van der Waals surface area contributed by atoms with Crippen LogP contribution < -0.4 is 0 Å². The Morgan fingerprint density at radius 2 is 1.03 bits per heavy atom. The number of para-hydroxylation sites is 1. The van der Waals surface area contributed by atoms with E-state index in [0.29, 0.717) is 17.5 Å². The Morgan fingerprint density at radius 1 is 0.397 bits per heavy atom. The highest BCUT2D eigenvalue weighted by molar-refractivity contribution is 7.26. The average Bonchev–Trinajstić information content (AvgIpc) is 3.87. The Bertz CT molecular complexity index is 3590. The molecule has 5 nitrogen and oxygen atoms in total. The Kier molecular flexibility index (Phi) is 7.33. The summed E-state index contributed by atoms with van der Waals surface area (Å²) in [4.78, 5) is 21.1. The molecule has 0 aliphatic carbocycles. The molecule has 12 aromatic rings. The van der Waals surface area contributed by atoms with Gasteiger partial charge < -0.3 is 4.42 Å². The zero-order chi connectivity index (χ0) is 38.2. The van der Waals surface area contributed by atoms with Crippen molar-refractivity contribution in [3.63, 3.8) is 0 Å². The Hall–Kier alpha value is -7.54. The molecule has 0 N–H and O–H groups in total. The average molecular weight is 759 g/mol. The topological polar surface area (TPSA) is 64.7 Å². The van der Waals surface area contributed by atoms with Crippen molar-refractivity contribution in [1.82, 2.24) is 19.9 Å². The standard InChI is InChI=1S/C52H30N4OS/c1-2-15-32(16-3-1)50-54-51(34-18-12-17-33(30-34)46-37-21-6-7-22-38(37)48-47(53-46)40-23-8-10-26-43(40)57-48)56-52(55-50)42-29-28-31-14-4-5-19-35(31)45(42)41-25-13-24-39-36-20-9-11-27-44(36)58-49(39)41/h1-30H. The van der Waals surface area contributed by atoms with Gasteiger partial charge in [-0.3, -0.25) is 0 Å². The predicted octanol–water partition coefficient (Wildman–Crippen LogP) is 14.2. The molecule has 0 saturated heterocycles. The van der Waals surface area contributed by atoms with Crippen molar-refractivity contribution in [3.05, 3.63) is 182 Å². The van der Waals surface area contributed by atoms with Crippen LogP contribution in [0.15, 0.2) is 186 Å². The summed E-state index contributed by atoms with van der Waals surface area (Å²) in [5.41, 5.74) is 9.32. The maximum absolute atomic E-state index is 6.38. The van der Waals surface area contributed by atoms with E-state index in [1.165, 1.54) is 20.2 Å². The van der Waals surface area contributed by atoms with E-state index in [-0.39, 0.29) is 0 Å². The van der Waals surface area contributed by atoms with Crippen LogP contribution in [0.5, 0.6) is 0 Å². The second kappa shape index (κ2) is 13.0. The number of benzene rings is 8. The number of fused-ring (bicyclic) bond motifs is 9. The lowest BCUT2D eigenvalue weighted by atomic mass is 9.92. The molecular formula is C52H30N4OS. The molecule has 6 heteroatoms. The molecule has 0 aliphatic heterocycles. The highest BCUT2D eigenvalue weighted by Gasteiger charge is 2.22. The Morgan fingerprint density at radius 3 is 1.91 bits per heavy atom. The lowest BCUT2D eigenvalue weighted by Gasteiger charge is -2.15. The van der Waals surface area contributed by atoms with Crippen molar-refractivity contribution in [2.24, 2.45) is 0 Å². The van der Waals surface area contributed by atoms with Crippen LogP contribution in [0.1, 0.15) is 0 Å². The van der Waals surface area contributed by atoms with Gasteiger partial charge in [0.05, 0.1) is 5.69 Å². The SMILES string of the molecule is c1ccc(-c2nc(-c3cccc(-c4nc5c6ccccc6oc5c5ccccc45)c3)nc(-c3ccc4ccccc4c3-c3cccc4c3sc3ccccc34)n2)cc1. The van der Waals surface area contributed by atoms with Crippen LogP contribution in [-0.4, -0.2) is 19.9 Å². The number of rotatable bonds is 5. The maximum atomic E-state index is 6.38. The maximum Gasteiger partial charge on any atom is 0.164 e. The van der Waals surface area contributed by atoms with E-state index in [1.54, 1.807) is 0 Å². The van der Waals surface area contributed by atoms with Crippen LogP contribution in [0, 0.1) is 0 Å². The van der Waals surface area contributed by atoms with Crippen LogP contribution in [-0.2, 0) is 0 Å². The van der Waals surface area contributed by atoms with E-state index in [9.17, 15) is 0 Å². The highest BCUT2D eigenvalue weighted by atomic mass is 32.1. The first-order valence-electron chi connectivity index (χ1n) is 19.3. The molecule has 0 aliphatic rings. The summed E-state index contributed by atoms with van der Waals surface area (Å²) in [7, 11) is 0. The minimum Gasteiger partial charge on any atom is -0.454 e. The third-order valence-electron chi connectivity index (χ3n) is 11.1. The van der Waals surface area contributed by atoms with E-state index in [1.807, 2.05) is 47.7 Å². The summed E-state index contributed by atoms with van der Waals surface area (Å²) in [5, 5.41) is 7.86. The number of aromatic nitrogens is 4. The molecule has 0 fully saturated rings. The van der Waals surface area contributed by atoms with Crippen LogP contribution >= 0.6 is 11.3 Å². The van der Waals surface area contributed by atoms with Gasteiger partial charge in [-0.1, -0.05) is 152 Å². The molecule has 0 radical (unpaired) electrons. The first kappa shape index (κ1) is 32.7. The Labute approximate surface area is 336 Å². The number of hydrogen-bond donors (Lipinski definition) is 0. The molecule has 0 saturated carbocycles. The van der Waals surface area contributed by atoms with Crippen LogP contribution in [0.2, 0.25) is 0 Å². The van der Waals surface area contributed by atoms with Crippen LogP contribution in [0.25, 0.3) is 120 Å². The molecule has 0 amide bonds. The van der Waals surface area contributed by atoms with Crippen molar-refractivity contribution in [1.29, 1.82) is 0 Å². The van der Waals surface area contributed by atoms with Gasteiger partial charge in [0.15, 0.2) is 23.1 Å². The number of nitrogens with zero attached hydrogens (tertiary/aromatic N) is 4. The van der Waals surface area contributed by atoms with Crippen molar-refractivity contribution in [2.45, 2.75) is 0 Å². The normalized spacial score (nSPS) is 11.8. The van der Waals surface area contributed by atoms with E-state index < -0.39 is 0 Å². The predicted molar refractivity (Wildman–Crippen MR) is 240 cm³/mol. The molecule has 0 atom stereocenters. The van der Waals surface area contributed by atoms with Gasteiger partial charge in [0.25, 0.3) is 0 Å². The van der Waals surface area contributed by atoms with E-state index in [0.717, 1.165) is 82.7 Å². The summed E-state index contributed by atoms with van der Waals surface area (Å²) < 4.78 is 8.89. The lowest BCUT2D eigenvalue weighted by molar-refractivity contribution is 0.672. The summed E-state index contributed by atoms with van der Waals surface area (Å²) in [6.45, 7) is 0. The fourth-order valence-corrected chi connectivity index (χ4v) is 9.67. The van der Waals surface area contributed by atoms with E-state index in [2.05, 4.69) is 146 Å². The minimum atomic E-state index is 0.587. The van der Waals surface area contributed by atoms with Crippen LogP contribution in [0.4, 0.5) is 0 Å². The monoisotopic (exact) mass is 758 g/mol. The fourth-order valence-electron chi connectivity index (χ4n) is 8.44. The minimum absolute atomic E-state index is 0.587. The molecule has 4 heterocycles. The molecule has 8 aromatic carbocycles. The number of furan rings is 1. The first-order valence-corrected chi connectivity index (χ1v) is 20.1. The smallest absolute Gasteiger partial charge is 0.164 e. The molecule has 0 unspecified atom stereocenters. The molecular weight excluding hydrogens is 729 g/mol. The van der Waals surface area contributed by atoms with Gasteiger partial charge in [-0.15, -0.1) is 11.3 Å². The van der Waals surface area contributed by atoms with Crippen molar-refractivity contribution in [3.8, 4) is 56.5 Å². The molecule has 270 valence electrons. The summed E-state index contributed by atoms with van der Waals surface area (Å²) in [6.07, 6.45) is 0. The quantitative estimate of drug-likeness (QED) is 0.175. The van der Waals surface area contributed by atoms with Crippen molar-refractivity contribution >= 4 is 75.1 Å². The van der Waals surface area contributed by atoms with Gasteiger partial charge in [0.1, 0.15) is 11.1 Å². The highest BCUT2D eigenvalue weighted by Crippen LogP contribution is 2.45. The van der Waals surface area contributed by atoms with Gasteiger partial charge in [0, 0.05) is 69.7 Å². The van der Waals surface area contributed by atoms with E-state index >= 15 is 0 Å². The largest absolute Gasteiger partial charge is 0.454 e. The third kappa shape index (κ3) is 5.16. The molecule has 12 rings (SSSR count). The second-order valence-electron chi connectivity index (χ2n) is 14.5. The van der Waals surface area contributed by atoms with E-state index in [4.69, 9.17) is 24.4 Å². The van der Waals surface area contributed by atoms with Gasteiger partial charge in [-0.2, -0.15) is 0 Å². The summed E-state index contributed by atoms with van der Waals surface area (Å²) in [6, 6.07) is 63.2. The molecule has 58 heavy (non-hydrogen) atoms. The lowest BCUT2D eigenvalue weighted by Crippen LogP contribution is -2.01. The Balaban J connectivity index is 1.10. The van der Waals surface area contributed by atoms with Crippen LogP contribution in [0.3, 0.4) is 0 Å². The van der Waals surface area contributed by atoms with Gasteiger partial charge in [-0.05, 0) is 41.1 Å². The zero-order valence-electron chi connectivity index (χ0n) is 30.9. The van der Waals surface area contributed by atoms with Gasteiger partial charge in [0.2, 0.25) is 0 Å². The van der Waals surface area contributed by atoms with Gasteiger partial charge >= 0.3 is 0 Å². The second-order valence-corrected chi connectivity index (χ2v) is 15.6. The molecule has 0 bridgehead atoms. The van der Waals surface area contributed by atoms with Gasteiger partial charge in [-0.25, -0.2) is 19.9 Å². The molecule has 4 aromatic heterocycles. The van der Waals surface area contributed by atoms with Crippen molar-refractivity contribution < 1.29 is 4.42 Å². The summed E-state index contributed by atoms with van der Waals surface area (Å²) >= 11 is 1.83.